The molecule has 0 aliphatic heterocycles. The van der Waals surface area contributed by atoms with Gasteiger partial charge in [-0.1, -0.05) is 58.3 Å². The first-order valence-electron chi connectivity index (χ1n) is 8.21. The van der Waals surface area contributed by atoms with Crippen LogP contribution in [0.15, 0.2) is 0 Å². The summed E-state index contributed by atoms with van der Waals surface area (Å²) in [7, 11) is 0. The molecule has 1 atom stereocenters. The minimum atomic E-state index is -1.34. The van der Waals surface area contributed by atoms with E-state index in [9.17, 15) is 14.4 Å². The van der Waals surface area contributed by atoms with Crippen LogP contribution in [-0.2, 0) is 14.4 Å². The van der Waals surface area contributed by atoms with Crippen LogP contribution in [0.3, 0.4) is 0 Å². The quantitative estimate of drug-likeness (QED) is 0.333. The smallest absolute Gasteiger partial charge is 0.326 e. The Morgan fingerprint density at radius 3 is 1.78 bits per heavy atom. The van der Waals surface area contributed by atoms with Crippen molar-refractivity contribution in [1.82, 2.24) is 5.32 Å². The molecule has 23 heavy (non-hydrogen) atoms. The molecule has 3 N–H and O–H groups in total. The zero-order valence-corrected chi connectivity index (χ0v) is 16.5. The Bertz CT molecular complexity index is 349. The van der Waals surface area contributed by atoms with Crippen LogP contribution in [0.25, 0.3) is 0 Å². The molecule has 0 saturated heterocycles. The van der Waals surface area contributed by atoms with Crippen molar-refractivity contribution in [2.24, 2.45) is 0 Å². The third kappa shape index (κ3) is 16.1. The van der Waals surface area contributed by atoms with Crippen molar-refractivity contribution in [3.8, 4) is 0 Å². The normalized spacial score (nSPS) is 11.3. The predicted molar refractivity (Wildman–Crippen MR) is 89.4 cm³/mol. The molecule has 0 heterocycles. The van der Waals surface area contributed by atoms with Crippen molar-refractivity contribution in [1.29, 1.82) is 0 Å². The number of unbranched alkanes of at least 4 members (excludes halogenated alkanes) is 8. The van der Waals surface area contributed by atoms with Crippen LogP contribution in [0.1, 0.15) is 77.6 Å². The topological polar surface area (TPSA) is 104 Å². The van der Waals surface area contributed by atoms with Crippen molar-refractivity contribution in [2.75, 3.05) is 0 Å². The maximum absolute atomic E-state index is 11.6. The van der Waals surface area contributed by atoms with Gasteiger partial charge in [0.1, 0.15) is 6.04 Å². The van der Waals surface area contributed by atoms with Gasteiger partial charge >= 0.3 is 11.9 Å². The molecular formula is C16H29NNaO5. The third-order valence-corrected chi connectivity index (χ3v) is 3.52. The summed E-state index contributed by atoms with van der Waals surface area (Å²) in [6.45, 7) is 2.19. The average Bonchev–Trinajstić information content (AvgIpc) is 2.44. The molecule has 0 aromatic heterocycles. The molecule has 0 aromatic rings. The van der Waals surface area contributed by atoms with E-state index in [1.807, 2.05) is 0 Å². The summed E-state index contributed by atoms with van der Waals surface area (Å²) in [6.07, 6.45) is 9.87. The first kappa shape index (κ1) is 24.7. The van der Waals surface area contributed by atoms with E-state index in [-0.39, 0.29) is 36.0 Å². The number of carboxylic acids is 2. The van der Waals surface area contributed by atoms with Gasteiger partial charge in [-0.25, -0.2) is 4.79 Å². The summed E-state index contributed by atoms with van der Waals surface area (Å²) in [5, 5.41) is 19.7. The summed E-state index contributed by atoms with van der Waals surface area (Å²) in [5.74, 6) is -2.95. The molecule has 129 valence electrons. The van der Waals surface area contributed by atoms with Gasteiger partial charge in [-0.15, -0.1) is 0 Å². The number of hydrogen-bond donors (Lipinski definition) is 3. The third-order valence-electron chi connectivity index (χ3n) is 3.52. The van der Waals surface area contributed by atoms with Crippen LogP contribution in [0.4, 0.5) is 0 Å². The molecule has 0 bridgehead atoms. The molecule has 0 aliphatic rings. The number of aliphatic carboxylic acids is 2. The van der Waals surface area contributed by atoms with Crippen molar-refractivity contribution < 1.29 is 24.6 Å². The van der Waals surface area contributed by atoms with Gasteiger partial charge in [0, 0.05) is 36.0 Å². The minimum absolute atomic E-state index is 0. The largest absolute Gasteiger partial charge is 0.481 e. The Balaban J connectivity index is 0. The van der Waals surface area contributed by atoms with Gasteiger partial charge in [0.05, 0.1) is 6.42 Å². The van der Waals surface area contributed by atoms with Gasteiger partial charge in [-0.2, -0.15) is 0 Å². The van der Waals surface area contributed by atoms with E-state index in [1.165, 1.54) is 38.5 Å². The summed E-state index contributed by atoms with van der Waals surface area (Å²) in [6, 6.07) is -1.34. The van der Waals surface area contributed by atoms with Crippen LogP contribution in [0.2, 0.25) is 0 Å². The number of nitrogens with one attached hydrogen (secondary N) is 1. The molecule has 1 amide bonds. The first-order valence-corrected chi connectivity index (χ1v) is 8.21. The Morgan fingerprint density at radius 2 is 1.35 bits per heavy atom. The number of amides is 1. The van der Waals surface area contributed by atoms with Gasteiger partial charge in [0.15, 0.2) is 0 Å². The summed E-state index contributed by atoms with van der Waals surface area (Å²) in [4.78, 5) is 32.9. The molecular weight excluding hydrogens is 309 g/mol. The Hall–Kier alpha value is -0.590. The van der Waals surface area contributed by atoms with E-state index < -0.39 is 30.3 Å². The Kier molecular flexibility index (Phi) is 17.4. The van der Waals surface area contributed by atoms with Crippen molar-refractivity contribution in [3.05, 3.63) is 0 Å². The molecule has 0 aliphatic carbocycles. The standard InChI is InChI=1S/C16H29NO5.Na/c1-2-3-4-5-6-7-8-9-10-11-14(18)17-13(16(21)22)12-15(19)20;/h13H,2-12H2,1H3,(H,17,18)(H,19,20)(H,21,22);/t13-;/m0./s1. The molecule has 0 fully saturated rings. The van der Waals surface area contributed by atoms with Crippen molar-refractivity contribution >= 4 is 47.4 Å². The second-order valence-electron chi connectivity index (χ2n) is 5.63. The van der Waals surface area contributed by atoms with Gasteiger partial charge in [-0.3, -0.25) is 9.59 Å². The Morgan fingerprint density at radius 1 is 0.870 bits per heavy atom. The molecule has 0 aromatic carbocycles. The number of rotatable bonds is 14. The van der Waals surface area contributed by atoms with Gasteiger partial charge in [0.2, 0.25) is 5.91 Å². The molecule has 0 rings (SSSR count). The van der Waals surface area contributed by atoms with Crippen LogP contribution in [-0.4, -0.2) is 63.7 Å². The van der Waals surface area contributed by atoms with E-state index in [4.69, 9.17) is 10.2 Å². The molecule has 6 nitrogen and oxygen atoms in total. The molecule has 7 heteroatoms. The molecule has 0 unspecified atom stereocenters. The van der Waals surface area contributed by atoms with Crippen LogP contribution in [0.5, 0.6) is 0 Å². The predicted octanol–water partition coefficient (Wildman–Crippen LogP) is 2.57. The zero-order valence-electron chi connectivity index (χ0n) is 14.5. The van der Waals surface area contributed by atoms with E-state index in [0.717, 1.165) is 12.8 Å². The molecule has 0 saturated carbocycles. The average molecular weight is 338 g/mol. The van der Waals surface area contributed by atoms with Crippen LogP contribution in [0, 0.1) is 0 Å². The fourth-order valence-corrected chi connectivity index (χ4v) is 2.24. The second kappa shape index (κ2) is 16.3. The van der Waals surface area contributed by atoms with Gasteiger partial charge in [0.25, 0.3) is 0 Å². The monoisotopic (exact) mass is 338 g/mol. The number of carbonyl (C=O) groups is 3. The van der Waals surface area contributed by atoms with Crippen LogP contribution < -0.4 is 5.32 Å². The molecule has 1 radical (unpaired) electrons. The summed E-state index contributed by atoms with van der Waals surface area (Å²) >= 11 is 0. The second-order valence-corrected chi connectivity index (χ2v) is 5.63. The maximum atomic E-state index is 11.6. The summed E-state index contributed by atoms with van der Waals surface area (Å²) < 4.78 is 0. The maximum Gasteiger partial charge on any atom is 0.326 e. The zero-order chi connectivity index (χ0) is 16.8. The molecule has 0 spiro atoms. The fourth-order valence-electron chi connectivity index (χ4n) is 2.24. The van der Waals surface area contributed by atoms with E-state index in [0.29, 0.717) is 6.42 Å². The fraction of sp³-hybridized carbons (Fsp3) is 0.812. The summed E-state index contributed by atoms with van der Waals surface area (Å²) in [5.41, 5.74) is 0. The van der Waals surface area contributed by atoms with E-state index in [1.54, 1.807) is 0 Å². The van der Waals surface area contributed by atoms with Crippen molar-refractivity contribution in [2.45, 2.75) is 83.6 Å². The van der Waals surface area contributed by atoms with Crippen LogP contribution >= 0.6 is 0 Å². The van der Waals surface area contributed by atoms with Gasteiger partial charge < -0.3 is 15.5 Å². The number of carboxylic acid groups (broad SMARTS) is 2. The Labute approximate surface area is 160 Å². The van der Waals surface area contributed by atoms with E-state index in [2.05, 4.69) is 12.2 Å². The minimum Gasteiger partial charge on any atom is -0.481 e. The van der Waals surface area contributed by atoms with E-state index >= 15 is 0 Å². The van der Waals surface area contributed by atoms with Gasteiger partial charge in [-0.05, 0) is 6.42 Å². The SMILES string of the molecule is CCCCCCCCCCCC(=O)N[C@@H](CC(=O)O)C(=O)O.[Na]. The first-order chi connectivity index (χ1) is 10.5. The number of carbonyl (C=O) groups excluding carboxylic acids is 1. The number of hydrogen-bond acceptors (Lipinski definition) is 3. The van der Waals surface area contributed by atoms with Crippen molar-refractivity contribution in [3.63, 3.8) is 0 Å².